The van der Waals surface area contributed by atoms with Crippen LogP contribution in [0.1, 0.15) is 69.8 Å². The van der Waals surface area contributed by atoms with E-state index in [1.807, 2.05) is 6.92 Å². The fraction of sp³-hybridized carbons (Fsp3) is 0.850. The van der Waals surface area contributed by atoms with E-state index in [0.717, 1.165) is 19.3 Å². The first-order chi connectivity index (χ1) is 11.9. The summed E-state index contributed by atoms with van der Waals surface area (Å²) < 4.78 is 23.8. The third-order valence-corrected chi connectivity index (χ3v) is 8.05. The molecule has 0 saturated heterocycles. The molecule has 23 heavy (non-hydrogen) atoms. The molecule has 3 fully saturated rings. The highest BCUT2D eigenvalue weighted by molar-refractivity contribution is 5.91. The Kier molecular flexibility index (Phi) is 2.58. The van der Waals surface area contributed by atoms with Crippen LogP contribution in [0.4, 0.5) is 0 Å². The normalized spacial score (nSPS) is 58.2. The van der Waals surface area contributed by atoms with Crippen LogP contribution < -0.4 is 0 Å². The quantitative estimate of drug-likeness (QED) is 0.720. The number of ketones is 1. The number of allylic oxidation sites excluding steroid dienone is 1. The number of carbonyl (C=O) groups excluding carboxylic acids is 1. The van der Waals surface area contributed by atoms with E-state index >= 15 is 0 Å². The SMILES string of the molecule is [2H]C([2H])([2H])[C@]1(O)CC[C@H]2[C@@H]3CCC4=CC(=O)CC[C@]4(C)[C@H]3[C@H](O)C[C@@]21C. The van der Waals surface area contributed by atoms with Gasteiger partial charge < -0.3 is 10.2 Å². The maximum Gasteiger partial charge on any atom is 0.155 e. The lowest BCUT2D eigenvalue weighted by molar-refractivity contribution is -0.166. The first-order valence-corrected chi connectivity index (χ1v) is 9.08. The summed E-state index contributed by atoms with van der Waals surface area (Å²) >= 11 is 0. The Morgan fingerprint density at radius 1 is 1.26 bits per heavy atom. The second-order valence-electron chi connectivity index (χ2n) is 8.98. The Hall–Kier alpha value is -0.670. The summed E-state index contributed by atoms with van der Waals surface area (Å²) in [5, 5.41) is 22.4. The molecule has 3 nitrogen and oxygen atoms in total. The highest BCUT2D eigenvalue weighted by Gasteiger charge is 2.64. The Labute approximate surface area is 143 Å². The van der Waals surface area contributed by atoms with Crippen molar-refractivity contribution in [1.82, 2.24) is 0 Å². The van der Waals surface area contributed by atoms with Gasteiger partial charge in [-0.3, -0.25) is 4.79 Å². The van der Waals surface area contributed by atoms with Gasteiger partial charge in [0.25, 0.3) is 0 Å². The topological polar surface area (TPSA) is 57.5 Å². The van der Waals surface area contributed by atoms with E-state index in [0.29, 0.717) is 19.3 Å². The zero-order valence-corrected chi connectivity index (χ0v) is 14.1. The molecule has 0 spiro atoms. The van der Waals surface area contributed by atoms with Crippen molar-refractivity contribution in [2.24, 2.45) is 28.6 Å². The van der Waals surface area contributed by atoms with Gasteiger partial charge in [0.05, 0.1) is 11.7 Å². The predicted molar refractivity (Wildman–Crippen MR) is 88.7 cm³/mol. The molecule has 128 valence electrons. The van der Waals surface area contributed by atoms with E-state index in [9.17, 15) is 15.0 Å². The summed E-state index contributed by atoms with van der Waals surface area (Å²) in [6, 6.07) is 0. The Bertz CT molecular complexity index is 672. The van der Waals surface area contributed by atoms with Gasteiger partial charge in [0, 0.05) is 15.9 Å². The monoisotopic (exact) mass is 321 g/mol. The molecule has 3 heteroatoms. The zero-order valence-electron chi connectivity index (χ0n) is 17.1. The molecule has 0 aromatic carbocycles. The molecule has 0 bridgehead atoms. The molecule has 0 aromatic heterocycles. The van der Waals surface area contributed by atoms with Gasteiger partial charge in [0.15, 0.2) is 5.78 Å². The predicted octanol–water partition coefficient (Wildman–Crippen LogP) is 3.24. The molecular weight excluding hydrogens is 288 g/mol. The summed E-state index contributed by atoms with van der Waals surface area (Å²) in [6.45, 7) is 1.62. The molecule has 2 N–H and O–H groups in total. The van der Waals surface area contributed by atoms with Crippen LogP contribution in [0.3, 0.4) is 0 Å². The molecule has 4 aliphatic rings. The summed E-state index contributed by atoms with van der Waals surface area (Å²) in [4.78, 5) is 11.9. The number of aliphatic hydroxyl groups is 2. The van der Waals surface area contributed by atoms with Crippen LogP contribution in [0.15, 0.2) is 11.6 Å². The molecule has 0 heterocycles. The van der Waals surface area contributed by atoms with Crippen LogP contribution in [0.5, 0.6) is 0 Å². The molecule has 0 radical (unpaired) electrons. The van der Waals surface area contributed by atoms with Gasteiger partial charge in [-0.1, -0.05) is 19.4 Å². The Balaban J connectivity index is 1.75. The summed E-state index contributed by atoms with van der Waals surface area (Å²) in [6.07, 6.45) is 5.46. The molecule has 4 aliphatic carbocycles. The first kappa shape index (κ1) is 12.7. The third kappa shape index (κ3) is 1.93. The van der Waals surface area contributed by atoms with Crippen molar-refractivity contribution in [3.8, 4) is 0 Å². The lowest BCUT2D eigenvalue weighted by atomic mass is 9.45. The minimum Gasteiger partial charge on any atom is -0.393 e. The van der Waals surface area contributed by atoms with E-state index < -0.39 is 24.0 Å². The van der Waals surface area contributed by atoms with Crippen molar-refractivity contribution in [3.05, 3.63) is 11.6 Å². The van der Waals surface area contributed by atoms with Crippen LogP contribution in [-0.2, 0) is 4.79 Å². The standard InChI is InChI=1S/C20H30O3/c1-18-8-6-13(21)10-12(18)4-5-14-15-7-9-20(3,23)19(15,2)11-16(22)17(14)18/h10,14-17,22-23H,4-9,11H2,1-3H3/t14-,15-,16+,17+,18-,19-,20-/m0/s1/i3D3. The summed E-state index contributed by atoms with van der Waals surface area (Å²) in [7, 11) is 0. The molecule has 7 atom stereocenters. The number of fused-ring (bicyclic) bond motifs is 5. The highest BCUT2D eigenvalue weighted by atomic mass is 16.3. The van der Waals surface area contributed by atoms with E-state index in [-0.39, 0.29) is 35.4 Å². The third-order valence-electron chi connectivity index (χ3n) is 8.05. The van der Waals surface area contributed by atoms with Gasteiger partial charge >= 0.3 is 0 Å². The Morgan fingerprint density at radius 2 is 2.04 bits per heavy atom. The highest BCUT2D eigenvalue weighted by Crippen LogP contribution is 2.67. The smallest absolute Gasteiger partial charge is 0.155 e. The molecule has 4 rings (SSSR count). The maximum absolute atomic E-state index is 11.9. The lowest BCUT2D eigenvalue weighted by Gasteiger charge is -2.60. The van der Waals surface area contributed by atoms with E-state index in [4.69, 9.17) is 4.11 Å². The van der Waals surface area contributed by atoms with Gasteiger partial charge in [-0.25, -0.2) is 0 Å². The minimum atomic E-state index is -2.44. The second kappa shape index (κ2) is 4.70. The average Bonchev–Trinajstić information content (AvgIpc) is 2.80. The van der Waals surface area contributed by atoms with E-state index in [1.54, 1.807) is 6.08 Å². The molecule has 0 aromatic rings. The molecule has 0 unspecified atom stereocenters. The fourth-order valence-electron chi connectivity index (χ4n) is 6.69. The fourth-order valence-corrected chi connectivity index (χ4v) is 6.69. The number of rotatable bonds is 0. The van der Waals surface area contributed by atoms with Crippen LogP contribution in [0.25, 0.3) is 0 Å². The first-order valence-electron chi connectivity index (χ1n) is 10.6. The average molecular weight is 321 g/mol. The van der Waals surface area contributed by atoms with Crippen molar-refractivity contribution in [1.29, 1.82) is 0 Å². The van der Waals surface area contributed by atoms with Gasteiger partial charge in [0.2, 0.25) is 0 Å². The summed E-state index contributed by atoms with van der Waals surface area (Å²) in [5.41, 5.74) is -1.53. The summed E-state index contributed by atoms with van der Waals surface area (Å²) in [5.74, 6) is 0.545. The van der Waals surface area contributed by atoms with Gasteiger partial charge in [0.1, 0.15) is 0 Å². The van der Waals surface area contributed by atoms with Crippen molar-refractivity contribution < 1.29 is 19.1 Å². The molecular formula is C20H30O3. The maximum atomic E-state index is 11.9. The van der Waals surface area contributed by atoms with E-state index in [1.165, 1.54) is 5.57 Å². The van der Waals surface area contributed by atoms with Crippen molar-refractivity contribution >= 4 is 5.78 Å². The van der Waals surface area contributed by atoms with Crippen molar-refractivity contribution in [2.45, 2.75) is 77.4 Å². The van der Waals surface area contributed by atoms with Gasteiger partial charge in [-0.15, -0.1) is 0 Å². The largest absolute Gasteiger partial charge is 0.393 e. The van der Waals surface area contributed by atoms with Crippen LogP contribution in [0, 0.1) is 28.6 Å². The van der Waals surface area contributed by atoms with Crippen LogP contribution in [0.2, 0.25) is 0 Å². The molecule has 0 aliphatic heterocycles. The number of aliphatic hydroxyl groups excluding tert-OH is 1. The van der Waals surface area contributed by atoms with Crippen molar-refractivity contribution in [2.75, 3.05) is 0 Å². The second-order valence-corrected chi connectivity index (χ2v) is 8.98. The minimum absolute atomic E-state index is 0.0487. The number of hydrogen-bond donors (Lipinski definition) is 2. The number of hydrogen-bond acceptors (Lipinski definition) is 3. The lowest BCUT2D eigenvalue weighted by Crippen LogP contribution is -2.59. The van der Waals surface area contributed by atoms with Crippen LogP contribution >= 0.6 is 0 Å². The molecule has 0 amide bonds. The van der Waals surface area contributed by atoms with Gasteiger partial charge in [-0.05, 0) is 74.6 Å². The Morgan fingerprint density at radius 3 is 2.78 bits per heavy atom. The van der Waals surface area contributed by atoms with Gasteiger partial charge in [-0.2, -0.15) is 0 Å². The zero-order chi connectivity index (χ0) is 19.1. The number of carbonyl (C=O) groups is 1. The van der Waals surface area contributed by atoms with E-state index in [2.05, 4.69) is 6.92 Å². The van der Waals surface area contributed by atoms with Crippen molar-refractivity contribution in [3.63, 3.8) is 0 Å². The van der Waals surface area contributed by atoms with Crippen LogP contribution in [-0.4, -0.2) is 27.7 Å². The molecule has 3 saturated carbocycles.